The maximum atomic E-state index is 13.9. The van der Waals surface area contributed by atoms with Gasteiger partial charge in [0, 0.05) is 38.1 Å². The van der Waals surface area contributed by atoms with Crippen LogP contribution < -0.4 is 15.5 Å². The van der Waals surface area contributed by atoms with Gasteiger partial charge in [-0.15, -0.1) is 0 Å². The first kappa shape index (κ1) is 21.5. The Balaban J connectivity index is 1.37. The number of nitrogens with one attached hydrogen (secondary N) is 2. The molecular weight excluding hydrogens is 418 g/mol. The summed E-state index contributed by atoms with van der Waals surface area (Å²) in [6.07, 6.45) is 6.90. The van der Waals surface area contributed by atoms with E-state index in [0.29, 0.717) is 44.8 Å². The number of piperidine rings is 1. The van der Waals surface area contributed by atoms with Gasteiger partial charge in [-0.3, -0.25) is 14.6 Å². The van der Waals surface area contributed by atoms with Crippen molar-refractivity contribution in [2.45, 2.75) is 25.3 Å². The number of dihydropyridines is 1. The molecule has 3 heterocycles. The van der Waals surface area contributed by atoms with Crippen LogP contribution in [-0.2, 0) is 4.79 Å². The third-order valence-corrected chi connectivity index (χ3v) is 5.32. The average molecular weight is 440 g/mol. The number of carbonyl (C=O) groups excluding carboxylic acids is 2. The molecule has 0 atom stereocenters. The number of aromatic nitrogens is 2. The van der Waals surface area contributed by atoms with E-state index in [-0.39, 0.29) is 17.5 Å². The lowest BCUT2D eigenvalue weighted by Gasteiger charge is -2.32. The summed E-state index contributed by atoms with van der Waals surface area (Å²) in [5.74, 6) is -2.70. The first-order chi connectivity index (χ1) is 15.5. The normalized spacial score (nSPS) is 16.8. The summed E-state index contributed by atoms with van der Waals surface area (Å²) >= 11 is 0. The molecular formula is C22H22F2N6O2. The van der Waals surface area contributed by atoms with Crippen molar-refractivity contribution in [1.82, 2.24) is 20.6 Å². The Morgan fingerprint density at radius 3 is 2.38 bits per heavy atom. The van der Waals surface area contributed by atoms with Crippen LogP contribution in [0.4, 0.5) is 14.7 Å². The van der Waals surface area contributed by atoms with Crippen molar-refractivity contribution in [2.24, 2.45) is 4.99 Å². The molecule has 2 aliphatic rings. The molecule has 1 aromatic carbocycles. The Morgan fingerprint density at radius 1 is 1.00 bits per heavy atom. The fourth-order valence-electron chi connectivity index (χ4n) is 3.70. The lowest BCUT2D eigenvalue weighted by Crippen LogP contribution is -2.48. The third-order valence-electron chi connectivity index (χ3n) is 5.32. The van der Waals surface area contributed by atoms with E-state index in [1.165, 1.54) is 6.07 Å². The van der Waals surface area contributed by atoms with Gasteiger partial charge in [-0.05, 0) is 37.5 Å². The fraction of sp³-hybridized carbons (Fsp3) is 0.318. The number of rotatable bonds is 5. The van der Waals surface area contributed by atoms with Gasteiger partial charge in [-0.25, -0.2) is 18.7 Å². The van der Waals surface area contributed by atoms with Gasteiger partial charge in [0.05, 0.1) is 5.70 Å². The Bertz CT molecular complexity index is 1050. The van der Waals surface area contributed by atoms with Crippen molar-refractivity contribution in [1.29, 1.82) is 0 Å². The van der Waals surface area contributed by atoms with E-state index < -0.39 is 29.0 Å². The SMILES string of the molecule is O=C(NC1CCN(c2ncccn2)CC1)C1=NCCC=C1NC(=O)c1c(F)cccc1F. The molecule has 2 amide bonds. The minimum atomic E-state index is -0.976. The lowest BCUT2D eigenvalue weighted by atomic mass is 10.0. The number of halogens is 2. The van der Waals surface area contributed by atoms with Crippen molar-refractivity contribution in [3.63, 3.8) is 0 Å². The molecule has 166 valence electrons. The molecule has 0 aliphatic carbocycles. The topological polar surface area (TPSA) is 99.6 Å². The first-order valence-electron chi connectivity index (χ1n) is 10.4. The summed E-state index contributed by atoms with van der Waals surface area (Å²) in [6, 6.07) is 4.86. The summed E-state index contributed by atoms with van der Waals surface area (Å²) < 4.78 is 27.9. The van der Waals surface area contributed by atoms with Crippen molar-refractivity contribution >= 4 is 23.5 Å². The zero-order chi connectivity index (χ0) is 22.5. The Labute approximate surface area is 183 Å². The van der Waals surface area contributed by atoms with E-state index in [1.807, 2.05) is 0 Å². The molecule has 1 fully saturated rings. The fourth-order valence-corrected chi connectivity index (χ4v) is 3.70. The number of carbonyl (C=O) groups is 2. The number of hydrogen-bond acceptors (Lipinski definition) is 6. The molecule has 1 aromatic heterocycles. The Morgan fingerprint density at radius 2 is 1.69 bits per heavy atom. The number of anilines is 1. The molecule has 32 heavy (non-hydrogen) atoms. The zero-order valence-corrected chi connectivity index (χ0v) is 17.2. The molecule has 2 N–H and O–H groups in total. The highest BCUT2D eigenvalue weighted by Crippen LogP contribution is 2.17. The minimum absolute atomic E-state index is 0.0511. The first-order valence-corrected chi connectivity index (χ1v) is 10.4. The minimum Gasteiger partial charge on any atom is -0.348 e. The average Bonchev–Trinajstić information content (AvgIpc) is 2.80. The van der Waals surface area contributed by atoms with Crippen LogP contribution in [0.3, 0.4) is 0 Å². The van der Waals surface area contributed by atoms with E-state index >= 15 is 0 Å². The van der Waals surface area contributed by atoms with Gasteiger partial charge in [0.1, 0.15) is 22.9 Å². The quantitative estimate of drug-likeness (QED) is 0.741. The monoisotopic (exact) mass is 440 g/mol. The van der Waals surface area contributed by atoms with Crippen LogP contribution in [0.15, 0.2) is 53.4 Å². The largest absolute Gasteiger partial charge is 0.348 e. The summed E-state index contributed by atoms with van der Waals surface area (Å²) in [5, 5.41) is 5.39. The van der Waals surface area contributed by atoms with Gasteiger partial charge >= 0.3 is 0 Å². The zero-order valence-electron chi connectivity index (χ0n) is 17.2. The third kappa shape index (κ3) is 4.79. The van der Waals surface area contributed by atoms with E-state index in [0.717, 1.165) is 12.1 Å². The molecule has 10 heteroatoms. The van der Waals surface area contributed by atoms with Crippen LogP contribution >= 0.6 is 0 Å². The van der Waals surface area contributed by atoms with Crippen LogP contribution in [0.1, 0.15) is 29.6 Å². The summed E-state index contributed by atoms with van der Waals surface area (Å²) in [4.78, 5) is 40.1. The number of amides is 2. The standard InChI is InChI=1S/C22H22F2N6O2/c23-15-4-1-5-16(24)18(15)20(31)29-17-6-2-9-25-19(17)21(32)28-14-7-12-30(13-8-14)22-26-10-3-11-27-22/h1,3-6,10-11,14H,2,7-9,12-13H2,(H,28,32)(H,29,31). The van der Waals surface area contributed by atoms with Crippen LogP contribution in [0.2, 0.25) is 0 Å². The van der Waals surface area contributed by atoms with Crippen LogP contribution in [0.5, 0.6) is 0 Å². The molecule has 0 unspecified atom stereocenters. The van der Waals surface area contributed by atoms with Crippen LogP contribution in [-0.4, -0.2) is 53.2 Å². The van der Waals surface area contributed by atoms with Gasteiger partial charge < -0.3 is 15.5 Å². The summed E-state index contributed by atoms with van der Waals surface area (Å²) in [6.45, 7) is 1.76. The number of benzene rings is 1. The van der Waals surface area contributed by atoms with E-state index in [2.05, 4.69) is 30.5 Å². The molecule has 0 saturated carbocycles. The van der Waals surface area contributed by atoms with Crippen molar-refractivity contribution in [3.05, 3.63) is 65.6 Å². The van der Waals surface area contributed by atoms with Crippen molar-refractivity contribution < 1.29 is 18.4 Å². The molecule has 0 radical (unpaired) electrons. The predicted molar refractivity (Wildman–Crippen MR) is 114 cm³/mol. The maximum absolute atomic E-state index is 13.9. The second-order valence-electron chi connectivity index (χ2n) is 7.47. The van der Waals surface area contributed by atoms with Crippen molar-refractivity contribution in [3.8, 4) is 0 Å². The number of nitrogens with zero attached hydrogens (tertiary/aromatic N) is 4. The van der Waals surface area contributed by atoms with Gasteiger partial charge in [-0.1, -0.05) is 12.1 Å². The summed E-state index contributed by atoms with van der Waals surface area (Å²) in [5.41, 5.74) is -0.499. The molecule has 2 aromatic rings. The Kier molecular flexibility index (Phi) is 6.48. The lowest BCUT2D eigenvalue weighted by molar-refractivity contribution is -0.115. The molecule has 2 aliphatic heterocycles. The van der Waals surface area contributed by atoms with Gasteiger partial charge in [0.2, 0.25) is 5.95 Å². The van der Waals surface area contributed by atoms with Crippen LogP contribution in [0.25, 0.3) is 0 Å². The highest BCUT2D eigenvalue weighted by atomic mass is 19.1. The molecule has 0 bridgehead atoms. The second-order valence-corrected chi connectivity index (χ2v) is 7.47. The van der Waals surface area contributed by atoms with E-state index in [9.17, 15) is 18.4 Å². The van der Waals surface area contributed by atoms with E-state index in [1.54, 1.807) is 24.5 Å². The molecule has 0 spiro atoms. The van der Waals surface area contributed by atoms with Gasteiger partial charge in [-0.2, -0.15) is 0 Å². The van der Waals surface area contributed by atoms with Gasteiger partial charge in [0.25, 0.3) is 11.8 Å². The van der Waals surface area contributed by atoms with Crippen LogP contribution in [0, 0.1) is 11.6 Å². The van der Waals surface area contributed by atoms with Crippen molar-refractivity contribution in [2.75, 3.05) is 24.5 Å². The predicted octanol–water partition coefficient (Wildman–Crippen LogP) is 2.00. The smallest absolute Gasteiger partial charge is 0.271 e. The summed E-state index contributed by atoms with van der Waals surface area (Å²) in [7, 11) is 0. The highest BCUT2D eigenvalue weighted by molar-refractivity contribution is 6.45. The molecule has 4 rings (SSSR count). The molecule has 1 saturated heterocycles. The Hall–Kier alpha value is -3.69. The number of aliphatic imine (C=N–C) groups is 1. The van der Waals surface area contributed by atoms with Gasteiger partial charge in [0.15, 0.2) is 0 Å². The molecule has 8 nitrogen and oxygen atoms in total. The van der Waals surface area contributed by atoms with E-state index in [4.69, 9.17) is 0 Å². The highest BCUT2D eigenvalue weighted by Gasteiger charge is 2.27. The number of hydrogen-bond donors (Lipinski definition) is 2. The second kappa shape index (κ2) is 9.63. The maximum Gasteiger partial charge on any atom is 0.271 e.